The topological polar surface area (TPSA) is 129 Å². The highest BCUT2D eigenvalue weighted by Crippen LogP contribution is 2.48. The second-order valence-corrected chi connectivity index (χ2v) is 7.95. The van der Waals surface area contributed by atoms with Crippen LogP contribution < -0.4 is 15.5 Å². The highest BCUT2D eigenvalue weighted by atomic mass is 19.2. The summed E-state index contributed by atoms with van der Waals surface area (Å²) in [6.45, 7) is 3.35. The maximum atomic E-state index is 15.2. The molecule has 162 valence electrons. The number of carbonyl (C=O) groups is 4. The van der Waals surface area contributed by atoms with Crippen LogP contribution in [-0.2, 0) is 20.7 Å². The minimum atomic E-state index is -1.87. The number of hydrogen-bond acceptors (Lipinski definition) is 7. The highest BCUT2D eigenvalue weighted by Gasteiger charge is 2.63. The van der Waals surface area contributed by atoms with E-state index in [0.717, 1.165) is 6.07 Å². The zero-order valence-electron chi connectivity index (χ0n) is 16.6. The molecule has 3 atom stereocenters. The molecule has 3 heterocycles. The molecule has 1 spiro atoms. The number of ether oxygens (including phenoxy) is 1. The summed E-state index contributed by atoms with van der Waals surface area (Å²) in [5.74, 6) is -5.39. The predicted molar refractivity (Wildman–Crippen MR) is 99.9 cm³/mol. The van der Waals surface area contributed by atoms with Crippen molar-refractivity contribution in [2.75, 3.05) is 11.4 Å². The monoisotopic (exact) mass is 432 g/mol. The summed E-state index contributed by atoms with van der Waals surface area (Å²) in [5, 5.41) is 12.9. The van der Waals surface area contributed by atoms with Crippen LogP contribution in [0.5, 0.6) is 0 Å². The highest BCUT2D eigenvalue weighted by molar-refractivity contribution is 6.20. The third-order valence-corrected chi connectivity index (χ3v) is 6.01. The van der Waals surface area contributed by atoms with Crippen molar-refractivity contribution in [1.29, 1.82) is 5.26 Å². The minimum Gasteiger partial charge on any atom is -0.372 e. The molecule has 3 aliphatic heterocycles. The fourth-order valence-corrected chi connectivity index (χ4v) is 4.91. The minimum absolute atomic E-state index is 0.0418. The Morgan fingerprint density at radius 3 is 2.52 bits per heavy atom. The van der Waals surface area contributed by atoms with Crippen LogP contribution in [0.1, 0.15) is 36.2 Å². The zero-order chi connectivity index (χ0) is 22.7. The van der Waals surface area contributed by atoms with E-state index in [1.807, 2.05) is 0 Å². The number of ketones is 1. The lowest BCUT2D eigenvalue weighted by Gasteiger charge is -2.55. The number of hydrogen-bond donors (Lipinski definition) is 2. The molecule has 0 saturated carbocycles. The molecule has 0 bridgehead atoms. The summed E-state index contributed by atoms with van der Waals surface area (Å²) in [6.07, 6.45) is -2.23. The first-order chi connectivity index (χ1) is 14.6. The van der Waals surface area contributed by atoms with E-state index < -0.39 is 70.9 Å². The van der Waals surface area contributed by atoms with E-state index in [4.69, 9.17) is 10.00 Å². The van der Waals surface area contributed by atoms with Crippen molar-refractivity contribution in [2.24, 2.45) is 5.41 Å². The molecule has 0 unspecified atom stereocenters. The van der Waals surface area contributed by atoms with Gasteiger partial charge in [-0.1, -0.05) is 0 Å². The lowest BCUT2D eigenvalue weighted by Crippen LogP contribution is -2.75. The number of Topliss-reactive ketones (excluding diaryl/α,β-unsaturated/α-hetero) is 1. The number of rotatable bonds is 2. The number of nitrogens with one attached hydrogen (secondary N) is 2. The van der Waals surface area contributed by atoms with Crippen molar-refractivity contribution >= 4 is 29.3 Å². The van der Waals surface area contributed by atoms with Gasteiger partial charge in [-0.2, -0.15) is 5.26 Å². The average molecular weight is 432 g/mol. The number of benzene rings is 1. The summed E-state index contributed by atoms with van der Waals surface area (Å²) in [7, 11) is 0. The van der Waals surface area contributed by atoms with Crippen LogP contribution in [0.25, 0.3) is 0 Å². The van der Waals surface area contributed by atoms with Gasteiger partial charge in [-0.25, -0.2) is 13.6 Å². The van der Waals surface area contributed by atoms with Crippen LogP contribution in [0, 0.1) is 28.4 Å². The van der Waals surface area contributed by atoms with Gasteiger partial charge in [0, 0.05) is 13.0 Å². The van der Waals surface area contributed by atoms with Crippen LogP contribution in [0.4, 0.5) is 19.3 Å². The van der Waals surface area contributed by atoms with E-state index in [1.54, 1.807) is 19.9 Å². The summed E-state index contributed by atoms with van der Waals surface area (Å²) in [4.78, 5) is 51.2. The normalized spacial score (nSPS) is 26.5. The Morgan fingerprint density at radius 2 is 1.90 bits per heavy atom. The molecule has 1 aromatic carbocycles. The first-order valence-electron chi connectivity index (χ1n) is 9.61. The first-order valence-corrected chi connectivity index (χ1v) is 9.61. The molecule has 4 amide bonds. The van der Waals surface area contributed by atoms with E-state index in [0.29, 0.717) is 0 Å². The molecule has 11 heteroatoms. The second kappa shape index (κ2) is 7.09. The van der Waals surface area contributed by atoms with Gasteiger partial charge in [0.1, 0.15) is 0 Å². The van der Waals surface area contributed by atoms with Crippen molar-refractivity contribution in [3.63, 3.8) is 0 Å². The Bertz CT molecular complexity index is 1060. The van der Waals surface area contributed by atoms with Crippen molar-refractivity contribution in [2.45, 2.75) is 44.9 Å². The molecule has 0 aliphatic carbocycles. The smallest absolute Gasteiger partial charge is 0.328 e. The van der Waals surface area contributed by atoms with Crippen molar-refractivity contribution in [1.82, 2.24) is 10.6 Å². The van der Waals surface area contributed by atoms with E-state index in [-0.39, 0.29) is 24.2 Å². The Labute approximate surface area is 175 Å². The predicted octanol–water partition coefficient (Wildman–Crippen LogP) is 0.952. The number of carbonyl (C=O) groups excluding carboxylic acids is 4. The van der Waals surface area contributed by atoms with Gasteiger partial charge in [-0.05, 0) is 25.5 Å². The second-order valence-electron chi connectivity index (χ2n) is 7.95. The van der Waals surface area contributed by atoms with Gasteiger partial charge < -0.3 is 9.64 Å². The first kappa shape index (κ1) is 20.9. The van der Waals surface area contributed by atoms with Crippen molar-refractivity contribution in [3.8, 4) is 6.07 Å². The van der Waals surface area contributed by atoms with E-state index in [9.17, 15) is 23.6 Å². The molecule has 0 aromatic heterocycles. The summed E-state index contributed by atoms with van der Waals surface area (Å²) in [6, 6.07) is 0.661. The fraction of sp³-hybridized carbons (Fsp3) is 0.450. The third-order valence-electron chi connectivity index (χ3n) is 6.01. The maximum absolute atomic E-state index is 15.2. The molecule has 2 saturated heterocycles. The number of urea groups is 1. The number of imide groups is 2. The molecular formula is C20H18F2N4O5. The zero-order valence-corrected chi connectivity index (χ0v) is 16.6. The largest absolute Gasteiger partial charge is 0.372 e. The molecule has 2 fully saturated rings. The fourth-order valence-electron chi connectivity index (χ4n) is 4.91. The Morgan fingerprint density at radius 1 is 1.26 bits per heavy atom. The lowest BCUT2D eigenvalue weighted by atomic mass is 9.66. The molecule has 3 aliphatic rings. The van der Waals surface area contributed by atoms with E-state index in [1.165, 1.54) is 4.90 Å². The number of nitriles is 1. The molecule has 1 aromatic rings. The molecule has 31 heavy (non-hydrogen) atoms. The van der Waals surface area contributed by atoms with Crippen LogP contribution >= 0.6 is 0 Å². The van der Waals surface area contributed by atoms with E-state index >= 15 is 4.39 Å². The van der Waals surface area contributed by atoms with Gasteiger partial charge in [-0.15, -0.1) is 0 Å². The van der Waals surface area contributed by atoms with Crippen LogP contribution in [-0.4, -0.2) is 48.4 Å². The van der Waals surface area contributed by atoms with Gasteiger partial charge in [0.2, 0.25) is 11.8 Å². The number of anilines is 1. The quantitative estimate of drug-likeness (QED) is 0.526. The molecule has 4 rings (SSSR count). The van der Waals surface area contributed by atoms with Gasteiger partial charge in [-0.3, -0.25) is 25.0 Å². The number of halogens is 2. The number of amides is 4. The van der Waals surface area contributed by atoms with Crippen LogP contribution in [0.15, 0.2) is 6.07 Å². The summed E-state index contributed by atoms with van der Waals surface area (Å²) in [5.41, 5.74) is -2.62. The van der Waals surface area contributed by atoms with Gasteiger partial charge in [0.05, 0.1) is 42.0 Å². The molecule has 0 radical (unpaired) electrons. The SMILES string of the molecule is C[C@@H]1CN2c3c(cc(C(=O)CC#N)c(F)c3F)CC3(C(=O)NC(=O)NC3=O)[C@H]2[C@H](C)O1. The number of nitrogens with zero attached hydrogens (tertiary/aromatic N) is 2. The summed E-state index contributed by atoms with van der Waals surface area (Å²) < 4.78 is 35.8. The Hall–Kier alpha value is -3.39. The van der Waals surface area contributed by atoms with Crippen LogP contribution in [0.3, 0.4) is 0 Å². The summed E-state index contributed by atoms with van der Waals surface area (Å²) >= 11 is 0. The molecule has 9 nitrogen and oxygen atoms in total. The van der Waals surface area contributed by atoms with Gasteiger partial charge in [0.25, 0.3) is 0 Å². The lowest BCUT2D eigenvalue weighted by molar-refractivity contribution is -0.153. The Balaban J connectivity index is 1.97. The average Bonchev–Trinajstić information content (AvgIpc) is 2.68. The number of morpholine rings is 1. The Kier molecular flexibility index (Phi) is 4.77. The van der Waals surface area contributed by atoms with Gasteiger partial charge in [0.15, 0.2) is 22.8 Å². The number of fused-ring (bicyclic) bond motifs is 4. The molecule has 2 N–H and O–H groups in total. The number of barbiturate groups is 1. The van der Waals surface area contributed by atoms with E-state index in [2.05, 4.69) is 10.6 Å². The standard InChI is InChI=1S/C20H18F2N4O5/c1-8-7-26-15-10(5-11(12(27)3-4-23)13(21)14(15)22)6-20(16(26)9(2)31-8)17(28)24-19(30)25-18(20)29/h5,8-9,16H,3,6-7H2,1-2H3,(H2,24,25,28,29,30)/t8-,9+,16-/m1/s1. The maximum Gasteiger partial charge on any atom is 0.328 e. The van der Waals surface area contributed by atoms with Crippen molar-refractivity contribution in [3.05, 3.63) is 28.8 Å². The van der Waals surface area contributed by atoms with Gasteiger partial charge >= 0.3 is 6.03 Å². The van der Waals surface area contributed by atoms with Crippen LogP contribution in [0.2, 0.25) is 0 Å². The third kappa shape index (κ3) is 2.90. The molecular weight excluding hydrogens is 414 g/mol. The van der Waals surface area contributed by atoms with Crippen molar-refractivity contribution < 1.29 is 32.7 Å².